The van der Waals surface area contributed by atoms with Gasteiger partial charge in [-0.1, -0.05) is 20.8 Å². The first-order chi connectivity index (χ1) is 5.98. The number of hydrogen-bond acceptors (Lipinski definition) is 2. The van der Waals surface area contributed by atoms with Gasteiger partial charge in [0, 0.05) is 0 Å². The highest BCUT2D eigenvalue weighted by atomic mass is 16.5. The second kappa shape index (κ2) is 6.39. The highest BCUT2D eigenvalue weighted by molar-refractivity contribution is 4.68. The third kappa shape index (κ3) is 8.26. The maximum absolute atomic E-state index is 5.71. The summed E-state index contributed by atoms with van der Waals surface area (Å²) in [6.07, 6.45) is 2.37. The Labute approximate surface area is 83.1 Å². The molecule has 0 spiro atoms. The molecule has 80 valence electrons. The molecule has 0 aliphatic heterocycles. The van der Waals surface area contributed by atoms with Crippen molar-refractivity contribution < 1.29 is 4.74 Å². The predicted molar refractivity (Wildman–Crippen MR) is 57.8 cm³/mol. The smallest absolute Gasteiger partial charge is 0.0972 e. The van der Waals surface area contributed by atoms with Gasteiger partial charge in [0.15, 0.2) is 0 Å². The van der Waals surface area contributed by atoms with Crippen LogP contribution < -0.4 is 5.32 Å². The fourth-order valence-corrected chi connectivity index (χ4v) is 1.06. The molecule has 0 saturated heterocycles. The molecule has 0 aromatic heterocycles. The fourth-order valence-electron chi connectivity index (χ4n) is 1.06. The minimum absolute atomic E-state index is 0.0203. The van der Waals surface area contributed by atoms with E-state index in [2.05, 4.69) is 39.9 Å². The molecule has 0 aliphatic carbocycles. The molecule has 0 radical (unpaired) electrons. The van der Waals surface area contributed by atoms with E-state index in [9.17, 15) is 0 Å². The maximum atomic E-state index is 5.71. The van der Waals surface area contributed by atoms with Gasteiger partial charge in [-0.15, -0.1) is 0 Å². The van der Waals surface area contributed by atoms with Crippen molar-refractivity contribution in [2.24, 2.45) is 5.92 Å². The fraction of sp³-hybridized carbons (Fsp3) is 1.00. The summed E-state index contributed by atoms with van der Waals surface area (Å²) in [5, 5.41) is 3.17. The molecule has 13 heavy (non-hydrogen) atoms. The van der Waals surface area contributed by atoms with Crippen LogP contribution in [0.15, 0.2) is 0 Å². The lowest BCUT2D eigenvalue weighted by molar-refractivity contribution is -0.0350. The van der Waals surface area contributed by atoms with Crippen LogP contribution in [0.1, 0.15) is 47.5 Å². The maximum Gasteiger partial charge on any atom is 0.0972 e. The Hall–Kier alpha value is -0.0800. The Morgan fingerprint density at radius 3 is 2.38 bits per heavy atom. The summed E-state index contributed by atoms with van der Waals surface area (Å²) in [7, 11) is 0. The SMILES string of the molecule is CCNCOC(C)(C)CCC(C)C. The molecule has 0 aromatic rings. The van der Waals surface area contributed by atoms with E-state index >= 15 is 0 Å². The van der Waals surface area contributed by atoms with Crippen LogP contribution in [-0.2, 0) is 4.74 Å². The van der Waals surface area contributed by atoms with E-state index in [1.165, 1.54) is 6.42 Å². The van der Waals surface area contributed by atoms with E-state index in [1.54, 1.807) is 0 Å². The molecule has 0 unspecified atom stereocenters. The van der Waals surface area contributed by atoms with Crippen molar-refractivity contribution in [1.82, 2.24) is 5.32 Å². The molecule has 0 rings (SSSR count). The van der Waals surface area contributed by atoms with Crippen molar-refractivity contribution in [3.05, 3.63) is 0 Å². The predicted octanol–water partition coefficient (Wildman–Crippen LogP) is 2.78. The van der Waals surface area contributed by atoms with Gasteiger partial charge in [-0.05, 0) is 39.2 Å². The van der Waals surface area contributed by atoms with Crippen LogP contribution in [0.3, 0.4) is 0 Å². The molecule has 0 fully saturated rings. The molecule has 0 heterocycles. The number of rotatable bonds is 7. The Bertz CT molecular complexity index is 121. The van der Waals surface area contributed by atoms with Crippen LogP contribution in [0.4, 0.5) is 0 Å². The molecular weight excluding hydrogens is 162 g/mol. The Balaban J connectivity index is 3.54. The van der Waals surface area contributed by atoms with Crippen molar-refractivity contribution >= 4 is 0 Å². The average Bonchev–Trinajstić information content (AvgIpc) is 2.02. The van der Waals surface area contributed by atoms with Crippen LogP contribution in [0.5, 0.6) is 0 Å². The summed E-state index contributed by atoms with van der Waals surface area (Å²) in [4.78, 5) is 0. The lowest BCUT2D eigenvalue weighted by Crippen LogP contribution is -2.30. The largest absolute Gasteiger partial charge is 0.360 e. The topological polar surface area (TPSA) is 21.3 Å². The third-order valence-corrected chi connectivity index (χ3v) is 2.14. The van der Waals surface area contributed by atoms with Crippen LogP contribution in [0.25, 0.3) is 0 Å². The van der Waals surface area contributed by atoms with Crippen molar-refractivity contribution in [3.8, 4) is 0 Å². The van der Waals surface area contributed by atoms with E-state index < -0.39 is 0 Å². The molecule has 0 aromatic carbocycles. The zero-order valence-electron chi connectivity index (χ0n) is 9.81. The third-order valence-electron chi connectivity index (χ3n) is 2.14. The number of nitrogens with one attached hydrogen (secondary N) is 1. The summed E-state index contributed by atoms with van der Waals surface area (Å²) in [6, 6.07) is 0. The number of hydrogen-bond donors (Lipinski definition) is 1. The van der Waals surface area contributed by atoms with Crippen molar-refractivity contribution in [3.63, 3.8) is 0 Å². The second-order valence-corrected chi connectivity index (χ2v) is 4.58. The zero-order chi connectivity index (χ0) is 10.3. The van der Waals surface area contributed by atoms with E-state index in [1.807, 2.05) is 0 Å². The molecule has 0 amide bonds. The Morgan fingerprint density at radius 1 is 1.31 bits per heavy atom. The first-order valence-electron chi connectivity index (χ1n) is 5.32. The van der Waals surface area contributed by atoms with Gasteiger partial charge < -0.3 is 4.74 Å². The first-order valence-corrected chi connectivity index (χ1v) is 5.32. The molecule has 0 bridgehead atoms. The van der Waals surface area contributed by atoms with E-state index in [4.69, 9.17) is 4.74 Å². The van der Waals surface area contributed by atoms with Gasteiger partial charge in [0.2, 0.25) is 0 Å². The first kappa shape index (κ1) is 12.9. The van der Waals surface area contributed by atoms with Crippen LogP contribution in [0, 0.1) is 5.92 Å². The lowest BCUT2D eigenvalue weighted by Gasteiger charge is -2.26. The van der Waals surface area contributed by atoms with Gasteiger partial charge in [0.25, 0.3) is 0 Å². The molecule has 0 aliphatic rings. The molecule has 2 nitrogen and oxygen atoms in total. The lowest BCUT2D eigenvalue weighted by atomic mass is 9.97. The van der Waals surface area contributed by atoms with Gasteiger partial charge in [-0.2, -0.15) is 0 Å². The Kier molecular flexibility index (Phi) is 6.35. The molecule has 0 saturated carbocycles. The molecule has 2 heteroatoms. The minimum Gasteiger partial charge on any atom is -0.360 e. The summed E-state index contributed by atoms with van der Waals surface area (Å²) in [6.45, 7) is 12.5. The summed E-state index contributed by atoms with van der Waals surface area (Å²) >= 11 is 0. The van der Waals surface area contributed by atoms with Gasteiger partial charge in [0.1, 0.15) is 0 Å². The van der Waals surface area contributed by atoms with Gasteiger partial charge >= 0.3 is 0 Å². The van der Waals surface area contributed by atoms with E-state index in [0.29, 0.717) is 6.73 Å². The highest BCUT2D eigenvalue weighted by Gasteiger charge is 2.17. The van der Waals surface area contributed by atoms with E-state index in [-0.39, 0.29) is 5.60 Å². The van der Waals surface area contributed by atoms with E-state index in [0.717, 1.165) is 18.9 Å². The van der Waals surface area contributed by atoms with Gasteiger partial charge in [-0.25, -0.2) is 0 Å². The van der Waals surface area contributed by atoms with Gasteiger partial charge in [0.05, 0.1) is 12.3 Å². The number of ether oxygens (including phenoxy) is 1. The zero-order valence-corrected chi connectivity index (χ0v) is 9.81. The second-order valence-electron chi connectivity index (χ2n) is 4.58. The summed E-state index contributed by atoms with van der Waals surface area (Å²) < 4.78 is 5.71. The molecule has 0 atom stereocenters. The van der Waals surface area contributed by atoms with Crippen LogP contribution in [-0.4, -0.2) is 18.9 Å². The molecular formula is C11H25NO. The normalized spacial score (nSPS) is 12.5. The molecule has 1 N–H and O–H groups in total. The van der Waals surface area contributed by atoms with Gasteiger partial charge in [-0.3, -0.25) is 5.32 Å². The summed E-state index contributed by atoms with van der Waals surface area (Å²) in [5.41, 5.74) is 0.0203. The average molecular weight is 187 g/mol. The van der Waals surface area contributed by atoms with Crippen LogP contribution in [0.2, 0.25) is 0 Å². The van der Waals surface area contributed by atoms with Crippen molar-refractivity contribution in [2.45, 2.75) is 53.1 Å². The highest BCUT2D eigenvalue weighted by Crippen LogP contribution is 2.19. The summed E-state index contributed by atoms with van der Waals surface area (Å²) in [5.74, 6) is 0.766. The Morgan fingerprint density at radius 2 is 1.92 bits per heavy atom. The quantitative estimate of drug-likeness (QED) is 0.489. The van der Waals surface area contributed by atoms with Crippen molar-refractivity contribution in [2.75, 3.05) is 13.3 Å². The van der Waals surface area contributed by atoms with Crippen molar-refractivity contribution in [1.29, 1.82) is 0 Å². The standard InChI is InChI=1S/C11H25NO/c1-6-12-9-13-11(4,5)8-7-10(2)3/h10,12H,6-9H2,1-5H3. The monoisotopic (exact) mass is 187 g/mol. The van der Waals surface area contributed by atoms with Crippen LogP contribution >= 0.6 is 0 Å². The minimum atomic E-state index is 0.0203.